The Bertz CT molecular complexity index is 338. The van der Waals surface area contributed by atoms with E-state index in [0.29, 0.717) is 13.1 Å². The van der Waals surface area contributed by atoms with Gasteiger partial charge in [0, 0.05) is 13.1 Å². The van der Waals surface area contributed by atoms with E-state index in [2.05, 4.69) is 10.1 Å². The summed E-state index contributed by atoms with van der Waals surface area (Å²) in [5, 5.41) is 11.8. The molecular formula is C12H16F3NO2. The quantitative estimate of drug-likeness (QED) is 0.738. The molecule has 1 rings (SSSR count). The van der Waals surface area contributed by atoms with Gasteiger partial charge in [0.05, 0.1) is 13.2 Å². The molecule has 1 aromatic carbocycles. The van der Waals surface area contributed by atoms with Crippen molar-refractivity contribution in [2.75, 3.05) is 19.8 Å². The lowest BCUT2D eigenvalue weighted by atomic mass is 10.1. The zero-order valence-corrected chi connectivity index (χ0v) is 9.83. The lowest BCUT2D eigenvalue weighted by Gasteiger charge is -2.08. The maximum Gasteiger partial charge on any atom is 0.411 e. The fraction of sp³-hybridized carbons (Fsp3) is 0.500. The van der Waals surface area contributed by atoms with Crippen LogP contribution in [-0.4, -0.2) is 31.0 Å². The van der Waals surface area contributed by atoms with Crippen molar-refractivity contribution in [3.05, 3.63) is 35.4 Å². The Morgan fingerprint density at radius 3 is 2.28 bits per heavy atom. The molecule has 2 N–H and O–H groups in total. The zero-order chi connectivity index (χ0) is 13.4. The smallest absolute Gasteiger partial charge is 0.392 e. The molecule has 0 saturated heterocycles. The second-order valence-corrected chi connectivity index (χ2v) is 3.82. The first kappa shape index (κ1) is 14.9. The Balaban J connectivity index is 2.10. The van der Waals surface area contributed by atoms with Gasteiger partial charge < -0.3 is 15.2 Å². The lowest BCUT2D eigenvalue weighted by Crippen LogP contribution is -2.23. The molecule has 0 heterocycles. The van der Waals surface area contributed by atoms with Crippen LogP contribution in [0.3, 0.4) is 0 Å². The standard InChI is InChI=1S/C12H16F3NO2/c13-12(14,15)9-18-6-5-16-7-10-1-3-11(8-17)4-2-10/h1-4,16-17H,5-9H2. The summed E-state index contributed by atoms with van der Waals surface area (Å²) in [4.78, 5) is 0. The van der Waals surface area contributed by atoms with Crippen LogP contribution in [-0.2, 0) is 17.9 Å². The SMILES string of the molecule is OCc1ccc(CNCCOCC(F)(F)F)cc1. The van der Waals surface area contributed by atoms with E-state index < -0.39 is 12.8 Å². The van der Waals surface area contributed by atoms with Crippen LogP contribution in [0.4, 0.5) is 13.2 Å². The lowest BCUT2D eigenvalue weighted by molar-refractivity contribution is -0.173. The monoisotopic (exact) mass is 263 g/mol. The number of rotatable bonds is 7. The molecule has 0 aliphatic rings. The summed E-state index contributed by atoms with van der Waals surface area (Å²) >= 11 is 0. The number of halogens is 3. The molecule has 1 aromatic rings. The highest BCUT2D eigenvalue weighted by Gasteiger charge is 2.27. The number of nitrogens with one attached hydrogen (secondary N) is 1. The van der Waals surface area contributed by atoms with Gasteiger partial charge in [-0.25, -0.2) is 0 Å². The molecular weight excluding hydrogens is 247 g/mol. The minimum Gasteiger partial charge on any atom is -0.392 e. The Morgan fingerprint density at radius 1 is 1.11 bits per heavy atom. The third-order valence-corrected chi connectivity index (χ3v) is 2.22. The summed E-state index contributed by atoms with van der Waals surface area (Å²) in [6, 6.07) is 7.32. The van der Waals surface area contributed by atoms with Gasteiger partial charge in [0.1, 0.15) is 6.61 Å². The van der Waals surface area contributed by atoms with Crippen LogP contribution >= 0.6 is 0 Å². The Morgan fingerprint density at radius 2 is 1.72 bits per heavy atom. The van der Waals surface area contributed by atoms with E-state index in [1.807, 2.05) is 12.1 Å². The van der Waals surface area contributed by atoms with E-state index >= 15 is 0 Å². The van der Waals surface area contributed by atoms with E-state index in [1.165, 1.54) is 0 Å². The van der Waals surface area contributed by atoms with Crippen molar-refractivity contribution in [1.82, 2.24) is 5.32 Å². The average Bonchev–Trinajstić information content (AvgIpc) is 2.33. The summed E-state index contributed by atoms with van der Waals surface area (Å²) in [5.41, 5.74) is 1.83. The summed E-state index contributed by atoms with van der Waals surface area (Å²) in [6.45, 7) is -0.272. The molecule has 6 heteroatoms. The van der Waals surface area contributed by atoms with Crippen molar-refractivity contribution in [3.63, 3.8) is 0 Å². The van der Waals surface area contributed by atoms with Crippen LogP contribution in [0, 0.1) is 0 Å². The van der Waals surface area contributed by atoms with Crippen molar-refractivity contribution in [3.8, 4) is 0 Å². The number of hydrogen-bond donors (Lipinski definition) is 2. The van der Waals surface area contributed by atoms with Gasteiger partial charge in [-0.2, -0.15) is 13.2 Å². The third-order valence-electron chi connectivity index (χ3n) is 2.22. The molecule has 0 radical (unpaired) electrons. The van der Waals surface area contributed by atoms with Crippen LogP contribution < -0.4 is 5.32 Å². The molecule has 0 saturated carbocycles. The van der Waals surface area contributed by atoms with Gasteiger partial charge >= 0.3 is 6.18 Å². The molecule has 0 unspecified atom stereocenters. The summed E-state index contributed by atoms with van der Waals surface area (Å²) in [7, 11) is 0. The van der Waals surface area contributed by atoms with Gasteiger partial charge in [-0.05, 0) is 11.1 Å². The number of alkyl halides is 3. The fourth-order valence-electron chi connectivity index (χ4n) is 1.33. The van der Waals surface area contributed by atoms with Crippen LogP contribution in [0.5, 0.6) is 0 Å². The maximum atomic E-state index is 11.7. The highest BCUT2D eigenvalue weighted by Crippen LogP contribution is 2.13. The molecule has 0 atom stereocenters. The number of aliphatic hydroxyl groups is 1. The van der Waals surface area contributed by atoms with Crippen LogP contribution in [0.15, 0.2) is 24.3 Å². The van der Waals surface area contributed by atoms with Gasteiger partial charge in [0.25, 0.3) is 0 Å². The molecule has 0 fully saturated rings. The summed E-state index contributed by atoms with van der Waals surface area (Å²) in [6.07, 6.45) is -4.26. The van der Waals surface area contributed by atoms with Crippen molar-refractivity contribution in [2.45, 2.75) is 19.3 Å². The van der Waals surface area contributed by atoms with Gasteiger partial charge in [-0.1, -0.05) is 24.3 Å². The zero-order valence-electron chi connectivity index (χ0n) is 9.83. The summed E-state index contributed by atoms with van der Waals surface area (Å²) < 4.78 is 39.7. The van der Waals surface area contributed by atoms with Gasteiger partial charge in [0.15, 0.2) is 0 Å². The van der Waals surface area contributed by atoms with Crippen molar-refractivity contribution in [1.29, 1.82) is 0 Å². The molecule has 0 aliphatic carbocycles. The Kier molecular flexibility index (Phi) is 6.11. The average molecular weight is 263 g/mol. The first-order chi connectivity index (χ1) is 8.51. The number of hydrogen-bond acceptors (Lipinski definition) is 3. The molecule has 0 aromatic heterocycles. The second-order valence-electron chi connectivity index (χ2n) is 3.82. The van der Waals surface area contributed by atoms with Crippen LogP contribution in [0.2, 0.25) is 0 Å². The van der Waals surface area contributed by atoms with Crippen molar-refractivity contribution in [2.24, 2.45) is 0 Å². The predicted octanol–water partition coefficient (Wildman–Crippen LogP) is 1.85. The number of aliphatic hydroxyl groups excluding tert-OH is 1. The first-order valence-corrected chi connectivity index (χ1v) is 5.55. The fourth-order valence-corrected chi connectivity index (χ4v) is 1.33. The van der Waals surface area contributed by atoms with E-state index in [4.69, 9.17) is 5.11 Å². The molecule has 0 bridgehead atoms. The molecule has 0 spiro atoms. The van der Waals surface area contributed by atoms with Gasteiger partial charge in [0.2, 0.25) is 0 Å². The topological polar surface area (TPSA) is 41.5 Å². The highest BCUT2D eigenvalue weighted by molar-refractivity contribution is 5.21. The first-order valence-electron chi connectivity index (χ1n) is 5.55. The minimum absolute atomic E-state index is 0.00100. The minimum atomic E-state index is -4.26. The van der Waals surface area contributed by atoms with Gasteiger partial charge in [-0.15, -0.1) is 0 Å². The largest absolute Gasteiger partial charge is 0.411 e. The van der Waals surface area contributed by atoms with E-state index in [1.54, 1.807) is 12.1 Å². The Hall–Kier alpha value is -1.11. The van der Waals surface area contributed by atoms with Crippen LogP contribution in [0.1, 0.15) is 11.1 Å². The third kappa shape index (κ3) is 6.58. The highest BCUT2D eigenvalue weighted by atomic mass is 19.4. The van der Waals surface area contributed by atoms with E-state index in [0.717, 1.165) is 11.1 Å². The van der Waals surface area contributed by atoms with Crippen LogP contribution in [0.25, 0.3) is 0 Å². The van der Waals surface area contributed by atoms with E-state index in [9.17, 15) is 13.2 Å². The molecule has 0 amide bonds. The molecule has 18 heavy (non-hydrogen) atoms. The summed E-state index contributed by atoms with van der Waals surface area (Å²) in [5.74, 6) is 0. The van der Waals surface area contributed by atoms with Crippen molar-refractivity contribution >= 4 is 0 Å². The normalized spacial score (nSPS) is 11.8. The predicted molar refractivity (Wildman–Crippen MR) is 60.9 cm³/mol. The molecule has 0 aliphatic heterocycles. The molecule has 3 nitrogen and oxygen atoms in total. The number of ether oxygens (including phenoxy) is 1. The van der Waals surface area contributed by atoms with Crippen molar-refractivity contribution < 1.29 is 23.0 Å². The Labute approximate surface area is 104 Å². The van der Waals surface area contributed by atoms with E-state index in [-0.39, 0.29) is 13.2 Å². The molecule has 102 valence electrons. The van der Waals surface area contributed by atoms with Gasteiger partial charge in [-0.3, -0.25) is 0 Å². The maximum absolute atomic E-state index is 11.7. The number of benzene rings is 1. The second kappa shape index (κ2) is 7.35.